The van der Waals surface area contributed by atoms with Gasteiger partial charge < -0.3 is 10.6 Å². The first-order valence-corrected chi connectivity index (χ1v) is 7.00. The normalized spacial score (nSPS) is 22.0. The summed E-state index contributed by atoms with van der Waals surface area (Å²) in [6.45, 7) is 8.12. The number of piperidine rings is 1. The molecule has 0 radical (unpaired) electrons. The smallest absolute Gasteiger partial charge is 0.226 e. The molecule has 1 rings (SSSR count). The van der Waals surface area contributed by atoms with Crippen LogP contribution in [0.25, 0.3) is 0 Å². The van der Waals surface area contributed by atoms with Crippen LogP contribution in [-0.2, 0) is 4.79 Å². The molecule has 0 aromatic rings. The Hall–Kier alpha value is -1.01. The Balaban J connectivity index is 2.60. The lowest BCUT2D eigenvalue weighted by Crippen LogP contribution is -2.49. The predicted octanol–water partition coefficient (Wildman–Crippen LogP) is 1.93. The average molecular weight is 250 g/mol. The molecule has 1 aliphatic rings. The van der Waals surface area contributed by atoms with E-state index in [2.05, 4.69) is 23.5 Å². The van der Waals surface area contributed by atoms with Crippen molar-refractivity contribution in [2.45, 2.75) is 52.5 Å². The summed E-state index contributed by atoms with van der Waals surface area (Å²) in [6, 6.07) is -0.127. The van der Waals surface area contributed by atoms with Gasteiger partial charge in [-0.1, -0.05) is 33.1 Å². The summed E-state index contributed by atoms with van der Waals surface area (Å²) in [5.74, 6) is 3.15. The topological polar surface area (TPSA) is 41.1 Å². The first-order chi connectivity index (χ1) is 8.52. The Bertz CT molecular complexity index is 311. The zero-order chi connectivity index (χ0) is 13.6. The second-order valence-electron chi connectivity index (χ2n) is 5.75. The van der Waals surface area contributed by atoms with Gasteiger partial charge in [0.25, 0.3) is 0 Å². The summed E-state index contributed by atoms with van der Waals surface area (Å²) in [5.41, 5.74) is -0.351. The summed E-state index contributed by atoms with van der Waals surface area (Å²) in [5, 5.41) is 6.37. The maximum atomic E-state index is 12.4. The van der Waals surface area contributed by atoms with E-state index >= 15 is 0 Å². The molecule has 0 bridgehead atoms. The third-order valence-corrected chi connectivity index (χ3v) is 3.99. The Labute approximate surface area is 111 Å². The second kappa shape index (κ2) is 6.80. The van der Waals surface area contributed by atoms with Crippen LogP contribution >= 0.6 is 0 Å². The van der Waals surface area contributed by atoms with E-state index in [-0.39, 0.29) is 17.4 Å². The third-order valence-electron chi connectivity index (χ3n) is 3.99. The number of carbonyl (C=O) groups excluding carboxylic acids is 1. The van der Waals surface area contributed by atoms with Gasteiger partial charge >= 0.3 is 0 Å². The molecule has 102 valence electrons. The SMILES string of the molecule is C#CC(CCC)NC(=O)C(C)(C)C1CCCNC1. The van der Waals surface area contributed by atoms with Gasteiger partial charge in [-0.05, 0) is 38.3 Å². The molecule has 0 aromatic carbocycles. The molecule has 0 saturated carbocycles. The molecule has 1 saturated heterocycles. The van der Waals surface area contributed by atoms with Crippen molar-refractivity contribution in [3.05, 3.63) is 0 Å². The highest BCUT2D eigenvalue weighted by atomic mass is 16.2. The van der Waals surface area contributed by atoms with Crippen LogP contribution < -0.4 is 10.6 Å². The van der Waals surface area contributed by atoms with Crippen molar-refractivity contribution in [3.8, 4) is 12.3 Å². The van der Waals surface area contributed by atoms with E-state index in [9.17, 15) is 4.79 Å². The zero-order valence-corrected chi connectivity index (χ0v) is 11.9. The summed E-state index contributed by atoms with van der Waals surface area (Å²) in [4.78, 5) is 12.4. The van der Waals surface area contributed by atoms with Gasteiger partial charge in [0.15, 0.2) is 0 Å². The summed E-state index contributed by atoms with van der Waals surface area (Å²) < 4.78 is 0. The van der Waals surface area contributed by atoms with Gasteiger partial charge in [0.2, 0.25) is 5.91 Å². The number of hydrogen-bond acceptors (Lipinski definition) is 2. The molecule has 1 aliphatic heterocycles. The van der Waals surface area contributed by atoms with E-state index in [1.807, 2.05) is 13.8 Å². The highest BCUT2D eigenvalue weighted by molar-refractivity contribution is 5.82. The highest BCUT2D eigenvalue weighted by Gasteiger charge is 2.37. The van der Waals surface area contributed by atoms with Crippen LogP contribution in [0.5, 0.6) is 0 Å². The van der Waals surface area contributed by atoms with Crippen LogP contribution in [0, 0.1) is 23.7 Å². The van der Waals surface area contributed by atoms with Crippen molar-refractivity contribution in [1.29, 1.82) is 0 Å². The first kappa shape index (κ1) is 15.0. The van der Waals surface area contributed by atoms with Crippen LogP contribution in [0.3, 0.4) is 0 Å². The molecular formula is C15H26N2O. The monoisotopic (exact) mass is 250 g/mol. The number of rotatable bonds is 5. The number of nitrogens with one attached hydrogen (secondary N) is 2. The lowest BCUT2D eigenvalue weighted by Gasteiger charge is -2.36. The fourth-order valence-corrected chi connectivity index (χ4v) is 2.48. The molecule has 2 unspecified atom stereocenters. The first-order valence-electron chi connectivity index (χ1n) is 7.00. The molecule has 1 amide bonds. The van der Waals surface area contributed by atoms with Gasteiger partial charge in [0.1, 0.15) is 0 Å². The van der Waals surface area contributed by atoms with Gasteiger partial charge in [-0.2, -0.15) is 0 Å². The molecule has 2 atom stereocenters. The van der Waals surface area contributed by atoms with Crippen molar-refractivity contribution in [1.82, 2.24) is 10.6 Å². The molecule has 0 aliphatic carbocycles. The average Bonchev–Trinajstić information content (AvgIpc) is 2.39. The molecule has 3 heteroatoms. The van der Waals surface area contributed by atoms with Gasteiger partial charge in [0.05, 0.1) is 6.04 Å². The number of amides is 1. The fourth-order valence-electron chi connectivity index (χ4n) is 2.48. The molecule has 3 nitrogen and oxygen atoms in total. The van der Waals surface area contributed by atoms with Crippen molar-refractivity contribution in [2.24, 2.45) is 11.3 Å². The van der Waals surface area contributed by atoms with Crippen LogP contribution in [-0.4, -0.2) is 25.0 Å². The van der Waals surface area contributed by atoms with E-state index in [1.165, 1.54) is 0 Å². The molecule has 0 aromatic heterocycles. The van der Waals surface area contributed by atoms with E-state index in [1.54, 1.807) is 0 Å². The highest BCUT2D eigenvalue weighted by Crippen LogP contribution is 2.32. The minimum Gasteiger partial charge on any atom is -0.342 e. The van der Waals surface area contributed by atoms with Crippen LogP contribution in [0.1, 0.15) is 46.5 Å². The molecule has 1 fully saturated rings. The van der Waals surface area contributed by atoms with Gasteiger partial charge in [-0.3, -0.25) is 4.79 Å². The quantitative estimate of drug-likeness (QED) is 0.732. The maximum absolute atomic E-state index is 12.4. The van der Waals surface area contributed by atoms with Crippen LogP contribution in [0.4, 0.5) is 0 Å². The third kappa shape index (κ3) is 3.74. The number of carbonyl (C=O) groups is 1. The van der Waals surface area contributed by atoms with E-state index < -0.39 is 0 Å². The molecular weight excluding hydrogens is 224 g/mol. The standard InChI is InChI=1S/C15H26N2O/c1-5-8-13(6-2)17-14(18)15(3,4)12-9-7-10-16-11-12/h2,12-13,16H,5,7-11H2,1,3-4H3,(H,17,18). The van der Waals surface area contributed by atoms with E-state index in [0.29, 0.717) is 5.92 Å². The number of terminal acetylenes is 1. The summed E-state index contributed by atoms with van der Waals surface area (Å²) in [7, 11) is 0. The Morgan fingerprint density at radius 1 is 1.61 bits per heavy atom. The van der Waals surface area contributed by atoms with Crippen molar-refractivity contribution < 1.29 is 4.79 Å². The largest absolute Gasteiger partial charge is 0.342 e. The maximum Gasteiger partial charge on any atom is 0.226 e. The minimum absolute atomic E-state index is 0.0904. The predicted molar refractivity (Wildman–Crippen MR) is 75.0 cm³/mol. The lowest BCUT2D eigenvalue weighted by atomic mass is 9.74. The Morgan fingerprint density at radius 3 is 2.83 bits per heavy atom. The summed E-state index contributed by atoms with van der Waals surface area (Å²) in [6.07, 6.45) is 9.55. The molecule has 2 N–H and O–H groups in total. The fraction of sp³-hybridized carbons (Fsp3) is 0.800. The molecule has 18 heavy (non-hydrogen) atoms. The van der Waals surface area contributed by atoms with E-state index in [0.717, 1.165) is 38.8 Å². The van der Waals surface area contributed by atoms with Crippen LogP contribution in [0.15, 0.2) is 0 Å². The Morgan fingerprint density at radius 2 is 2.33 bits per heavy atom. The Kier molecular flexibility index (Phi) is 5.68. The van der Waals surface area contributed by atoms with Crippen molar-refractivity contribution >= 4 is 5.91 Å². The van der Waals surface area contributed by atoms with Gasteiger partial charge in [-0.15, -0.1) is 6.42 Å². The van der Waals surface area contributed by atoms with E-state index in [4.69, 9.17) is 6.42 Å². The second-order valence-corrected chi connectivity index (χ2v) is 5.75. The summed E-state index contributed by atoms with van der Waals surface area (Å²) >= 11 is 0. The van der Waals surface area contributed by atoms with Gasteiger partial charge in [0, 0.05) is 5.41 Å². The minimum atomic E-state index is -0.351. The van der Waals surface area contributed by atoms with Crippen molar-refractivity contribution in [3.63, 3.8) is 0 Å². The number of hydrogen-bond donors (Lipinski definition) is 2. The molecule has 0 spiro atoms. The lowest BCUT2D eigenvalue weighted by molar-refractivity contribution is -0.133. The van der Waals surface area contributed by atoms with Gasteiger partial charge in [-0.25, -0.2) is 0 Å². The zero-order valence-electron chi connectivity index (χ0n) is 11.9. The van der Waals surface area contributed by atoms with Crippen molar-refractivity contribution in [2.75, 3.05) is 13.1 Å². The molecule has 1 heterocycles. The van der Waals surface area contributed by atoms with Crippen LogP contribution in [0.2, 0.25) is 0 Å².